The van der Waals surface area contributed by atoms with Crippen LogP contribution in [0.1, 0.15) is 5.56 Å². The number of ether oxygens (including phenoxy) is 4. The smallest absolute Gasteiger partial charge is 0.324 e. The van der Waals surface area contributed by atoms with Gasteiger partial charge in [0.1, 0.15) is 0 Å². The van der Waals surface area contributed by atoms with Crippen LogP contribution in [0.2, 0.25) is 0 Å². The van der Waals surface area contributed by atoms with Crippen molar-refractivity contribution in [3.05, 3.63) is 48.0 Å². The third kappa shape index (κ3) is 4.31. The summed E-state index contributed by atoms with van der Waals surface area (Å²) in [6.45, 7) is 2.64. The molecule has 2 aromatic rings. The lowest BCUT2D eigenvalue weighted by Crippen LogP contribution is -2.48. The van der Waals surface area contributed by atoms with Crippen LogP contribution in [0, 0.1) is 0 Å². The third-order valence-corrected chi connectivity index (χ3v) is 4.66. The van der Waals surface area contributed by atoms with Crippen LogP contribution in [0.25, 0.3) is 0 Å². The molecule has 0 N–H and O–H groups in total. The zero-order valence-electron chi connectivity index (χ0n) is 16.5. The second kappa shape index (κ2) is 9.32. The first-order valence-electron chi connectivity index (χ1n) is 9.16. The van der Waals surface area contributed by atoms with Gasteiger partial charge >= 0.3 is 6.03 Å². The molecule has 3 rings (SSSR count). The Morgan fingerprint density at radius 1 is 1.00 bits per heavy atom. The molecule has 0 bridgehead atoms. The number of hydrogen-bond acceptors (Lipinski definition) is 5. The molecule has 1 saturated heterocycles. The molecule has 7 heteroatoms. The van der Waals surface area contributed by atoms with E-state index in [4.69, 9.17) is 18.9 Å². The van der Waals surface area contributed by atoms with Gasteiger partial charge in [-0.25, -0.2) is 4.79 Å². The summed E-state index contributed by atoms with van der Waals surface area (Å²) >= 11 is 0. The van der Waals surface area contributed by atoms with E-state index < -0.39 is 0 Å². The van der Waals surface area contributed by atoms with Crippen LogP contribution in [-0.2, 0) is 11.3 Å². The third-order valence-electron chi connectivity index (χ3n) is 4.66. The van der Waals surface area contributed by atoms with E-state index in [1.54, 1.807) is 43.3 Å². The summed E-state index contributed by atoms with van der Waals surface area (Å²) in [7, 11) is 4.68. The maximum atomic E-state index is 13.3. The average molecular weight is 386 g/mol. The summed E-state index contributed by atoms with van der Waals surface area (Å²) in [5.41, 5.74) is 1.70. The Morgan fingerprint density at radius 3 is 2.14 bits per heavy atom. The highest BCUT2D eigenvalue weighted by Crippen LogP contribution is 2.41. The number of hydrogen-bond donors (Lipinski definition) is 0. The molecule has 150 valence electrons. The van der Waals surface area contributed by atoms with E-state index in [0.29, 0.717) is 55.8 Å². The molecule has 1 aliphatic heterocycles. The number of rotatable bonds is 6. The fourth-order valence-electron chi connectivity index (χ4n) is 3.18. The number of carbonyl (C=O) groups excluding carboxylic acids is 1. The molecule has 0 aromatic heterocycles. The Balaban J connectivity index is 2.01. The van der Waals surface area contributed by atoms with E-state index in [1.807, 2.05) is 30.3 Å². The Morgan fingerprint density at radius 2 is 1.61 bits per heavy atom. The lowest BCUT2D eigenvalue weighted by atomic mass is 10.2. The van der Waals surface area contributed by atoms with E-state index in [2.05, 4.69) is 0 Å². The highest BCUT2D eigenvalue weighted by molar-refractivity contribution is 5.93. The highest BCUT2D eigenvalue weighted by Gasteiger charge is 2.26. The van der Waals surface area contributed by atoms with Gasteiger partial charge in [-0.05, 0) is 5.56 Å². The van der Waals surface area contributed by atoms with Gasteiger partial charge in [0.2, 0.25) is 5.75 Å². The lowest BCUT2D eigenvalue weighted by Gasteiger charge is -2.33. The SMILES string of the molecule is COc1cc(N(Cc2ccccc2)C(=O)N2CCOCC2)cc(OC)c1OC. The second-order valence-corrected chi connectivity index (χ2v) is 6.34. The number of methoxy groups -OCH3 is 3. The van der Waals surface area contributed by atoms with Crippen molar-refractivity contribution < 1.29 is 23.7 Å². The van der Waals surface area contributed by atoms with Crippen LogP contribution in [0.4, 0.5) is 10.5 Å². The first-order valence-corrected chi connectivity index (χ1v) is 9.16. The van der Waals surface area contributed by atoms with Crippen molar-refractivity contribution in [1.82, 2.24) is 4.90 Å². The summed E-state index contributed by atoms with van der Waals surface area (Å²) < 4.78 is 21.7. The summed E-state index contributed by atoms with van der Waals surface area (Å²) in [5, 5.41) is 0. The quantitative estimate of drug-likeness (QED) is 0.763. The van der Waals surface area contributed by atoms with E-state index in [9.17, 15) is 4.79 Å². The number of urea groups is 1. The van der Waals surface area contributed by atoms with Gasteiger partial charge in [-0.3, -0.25) is 4.90 Å². The predicted molar refractivity (Wildman–Crippen MR) is 107 cm³/mol. The van der Waals surface area contributed by atoms with Gasteiger partial charge in [0.15, 0.2) is 11.5 Å². The standard InChI is InChI=1S/C21H26N2O5/c1-25-18-13-17(14-19(26-2)20(18)27-3)23(15-16-7-5-4-6-8-16)21(24)22-9-11-28-12-10-22/h4-8,13-14H,9-12,15H2,1-3H3. The monoisotopic (exact) mass is 386 g/mol. The average Bonchev–Trinajstić information content (AvgIpc) is 2.77. The maximum Gasteiger partial charge on any atom is 0.324 e. The van der Waals surface area contributed by atoms with Crippen molar-refractivity contribution in [2.24, 2.45) is 0 Å². The molecule has 0 radical (unpaired) electrons. The molecule has 0 aliphatic carbocycles. The van der Waals surface area contributed by atoms with E-state index in [-0.39, 0.29) is 6.03 Å². The van der Waals surface area contributed by atoms with Crippen LogP contribution in [0.15, 0.2) is 42.5 Å². The molecule has 1 aliphatic rings. The number of benzene rings is 2. The van der Waals surface area contributed by atoms with Crippen LogP contribution >= 0.6 is 0 Å². The fourth-order valence-corrected chi connectivity index (χ4v) is 3.18. The molecule has 2 amide bonds. The fraction of sp³-hybridized carbons (Fsp3) is 0.381. The van der Waals surface area contributed by atoms with E-state index in [1.165, 1.54) is 0 Å². The summed E-state index contributed by atoms with van der Waals surface area (Å²) in [5.74, 6) is 1.50. The van der Waals surface area contributed by atoms with Crippen molar-refractivity contribution in [3.8, 4) is 17.2 Å². The second-order valence-electron chi connectivity index (χ2n) is 6.34. The number of nitrogens with zero attached hydrogens (tertiary/aromatic N) is 2. The van der Waals surface area contributed by atoms with Gasteiger partial charge < -0.3 is 23.8 Å². The lowest BCUT2D eigenvalue weighted by molar-refractivity contribution is 0.0548. The summed E-state index contributed by atoms with van der Waals surface area (Å²) in [6, 6.07) is 13.4. The molecule has 1 heterocycles. The summed E-state index contributed by atoms with van der Waals surface area (Å²) in [4.78, 5) is 16.9. The van der Waals surface area contributed by atoms with Gasteiger partial charge in [-0.2, -0.15) is 0 Å². The van der Waals surface area contributed by atoms with E-state index >= 15 is 0 Å². The molecule has 0 atom stereocenters. The Labute approximate surface area is 165 Å². The Bertz CT molecular complexity index is 766. The van der Waals surface area contributed by atoms with Gasteiger partial charge in [-0.1, -0.05) is 30.3 Å². The number of amides is 2. The minimum Gasteiger partial charge on any atom is -0.493 e. The Kier molecular flexibility index (Phi) is 6.60. The van der Waals surface area contributed by atoms with Crippen molar-refractivity contribution in [2.45, 2.75) is 6.54 Å². The molecule has 0 saturated carbocycles. The number of morpholine rings is 1. The van der Waals surface area contributed by atoms with Crippen molar-refractivity contribution in [1.29, 1.82) is 0 Å². The van der Waals surface area contributed by atoms with Crippen LogP contribution in [-0.4, -0.2) is 58.6 Å². The first kappa shape index (κ1) is 19.8. The normalized spacial score (nSPS) is 13.8. The van der Waals surface area contributed by atoms with E-state index in [0.717, 1.165) is 5.56 Å². The van der Waals surface area contributed by atoms with Gasteiger partial charge in [0, 0.05) is 25.2 Å². The van der Waals surface area contributed by atoms with Gasteiger partial charge in [-0.15, -0.1) is 0 Å². The minimum absolute atomic E-state index is 0.0820. The summed E-state index contributed by atoms with van der Waals surface area (Å²) in [6.07, 6.45) is 0. The van der Waals surface area contributed by atoms with Crippen LogP contribution in [0.3, 0.4) is 0 Å². The van der Waals surface area contributed by atoms with Crippen LogP contribution in [0.5, 0.6) is 17.2 Å². The zero-order chi connectivity index (χ0) is 19.9. The minimum atomic E-state index is -0.0820. The van der Waals surface area contributed by atoms with Crippen molar-refractivity contribution in [3.63, 3.8) is 0 Å². The van der Waals surface area contributed by atoms with Crippen molar-refractivity contribution >= 4 is 11.7 Å². The Hall–Kier alpha value is -2.93. The molecule has 0 spiro atoms. The largest absolute Gasteiger partial charge is 0.493 e. The molecule has 0 unspecified atom stereocenters. The topological polar surface area (TPSA) is 60.5 Å². The molecule has 28 heavy (non-hydrogen) atoms. The first-order chi connectivity index (χ1) is 13.7. The van der Waals surface area contributed by atoms with Gasteiger partial charge in [0.05, 0.1) is 46.8 Å². The van der Waals surface area contributed by atoms with Crippen LogP contribution < -0.4 is 19.1 Å². The molecular formula is C21H26N2O5. The molecule has 1 fully saturated rings. The molecular weight excluding hydrogens is 360 g/mol. The molecule has 7 nitrogen and oxygen atoms in total. The highest BCUT2D eigenvalue weighted by atomic mass is 16.5. The maximum absolute atomic E-state index is 13.3. The zero-order valence-corrected chi connectivity index (χ0v) is 16.5. The number of carbonyl (C=O) groups is 1. The predicted octanol–water partition coefficient (Wildman–Crippen LogP) is 3.17. The molecule has 2 aromatic carbocycles. The van der Waals surface area contributed by atoms with Gasteiger partial charge in [0.25, 0.3) is 0 Å². The number of anilines is 1. The van der Waals surface area contributed by atoms with Crippen molar-refractivity contribution in [2.75, 3.05) is 52.5 Å².